The van der Waals surface area contributed by atoms with Gasteiger partial charge in [0.2, 0.25) is 5.91 Å². The van der Waals surface area contributed by atoms with Gasteiger partial charge in [-0.2, -0.15) is 18.3 Å². The van der Waals surface area contributed by atoms with Gasteiger partial charge in [0.25, 0.3) is 0 Å². The summed E-state index contributed by atoms with van der Waals surface area (Å²) in [4.78, 5) is 20.7. The van der Waals surface area contributed by atoms with Gasteiger partial charge in [0.15, 0.2) is 0 Å². The minimum atomic E-state index is -4.40. The molecule has 2 aliphatic rings. The maximum absolute atomic E-state index is 12.8. The molecule has 0 atom stereocenters. The lowest BCUT2D eigenvalue weighted by molar-refractivity contribution is -0.137. The number of amides is 1. The number of nitrogens with zero attached hydrogens (tertiary/aromatic N) is 5. The number of rotatable bonds is 6. The number of carbonyl (C=O) groups excluding carboxylic acids is 1. The van der Waals surface area contributed by atoms with Crippen molar-refractivity contribution in [1.82, 2.24) is 19.7 Å². The van der Waals surface area contributed by atoms with E-state index in [4.69, 9.17) is 5.10 Å². The molecule has 1 aliphatic carbocycles. The monoisotopic (exact) mass is 470 g/mol. The van der Waals surface area contributed by atoms with Crippen LogP contribution in [0, 0.1) is 0 Å². The summed E-state index contributed by atoms with van der Waals surface area (Å²) in [5, 5.41) is 7.72. The Hall–Kier alpha value is -3.40. The summed E-state index contributed by atoms with van der Waals surface area (Å²) >= 11 is 0. The quantitative estimate of drug-likeness (QED) is 0.592. The molecule has 0 spiro atoms. The SMILES string of the molecule is O=C(CN1CCN(c2ccc(C(F)(F)F)cn2)CC1)Nc1cc(C2CC2)nn1-c1ccccc1. The predicted molar refractivity (Wildman–Crippen MR) is 122 cm³/mol. The van der Waals surface area contributed by atoms with Crippen molar-refractivity contribution in [2.45, 2.75) is 24.9 Å². The lowest BCUT2D eigenvalue weighted by Crippen LogP contribution is -2.49. The summed E-state index contributed by atoms with van der Waals surface area (Å²) in [6.45, 7) is 2.62. The van der Waals surface area contributed by atoms with Crippen LogP contribution in [0.15, 0.2) is 54.7 Å². The third kappa shape index (κ3) is 5.06. The van der Waals surface area contributed by atoms with Crippen molar-refractivity contribution in [3.63, 3.8) is 0 Å². The molecule has 2 fully saturated rings. The van der Waals surface area contributed by atoms with Crippen LogP contribution in [0.4, 0.5) is 24.8 Å². The lowest BCUT2D eigenvalue weighted by Gasteiger charge is -2.35. The topological polar surface area (TPSA) is 66.3 Å². The molecule has 7 nitrogen and oxygen atoms in total. The first kappa shape index (κ1) is 22.4. The van der Waals surface area contributed by atoms with E-state index >= 15 is 0 Å². The second-order valence-corrected chi connectivity index (χ2v) is 8.69. The van der Waals surface area contributed by atoms with Crippen LogP contribution in [0.2, 0.25) is 0 Å². The minimum Gasteiger partial charge on any atom is -0.354 e. The maximum atomic E-state index is 12.8. The summed E-state index contributed by atoms with van der Waals surface area (Å²) in [5.74, 6) is 1.51. The van der Waals surface area contributed by atoms with Crippen LogP contribution in [-0.2, 0) is 11.0 Å². The highest BCUT2D eigenvalue weighted by Crippen LogP contribution is 2.40. The first-order chi connectivity index (χ1) is 16.4. The van der Waals surface area contributed by atoms with Crippen LogP contribution in [0.5, 0.6) is 0 Å². The van der Waals surface area contributed by atoms with Crippen molar-refractivity contribution >= 4 is 17.5 Å². The third-order valence-electron chi connectivity index (χ3n) is 6.13. The predicted octanol–water partition coefficient (Wildman–Crippen LogP) is 3.92. The van der Waals surface area contributed by atoms with Crippen LogP contribution in [-0.4, -0.2) is 58.3 Å². The second kappa shape index (κ2) is 9.09. The number of aromatic nitrogens is 3. The smallest absolute Gasteiger partial charge is 0.354 e. The Balaban J connectivity index is 1.18. The van der Waals surface area contributed by atoms with Crippen molar-refractivity contribution < 1.29 is 18.0 Å². The number of carbonyl (C=O) groups is 1. The molecule has 1 amide bonds. The van der Waals surface area contributed by atoms with Gasteiger partial charge in [-0.05, 0) is 37.1 Å². The molecule has 3 aromatic rings. The number of anilines is 2. The molecule has 0 bridgehead atoms. The van der Waals surface area contributed by atoms with Crippen LogP contribution >= 0.6 is 0 Å². The Kier molecular flexibility index (Phi) is 5.99. The minimum absolute atomic E-state index is 0.125. The number of para-hydroxylation sites is 1. The van der Waals surface area contributed by atoms with Crippen molar-refractivity contribution in [1.29, 1.82) is 0 Å². The van der Waals surface area contributed by atoms with Gasteiger partial charge in [-0.15, -0.1) is 0 Å². The van der Waals surface area contributed by atoms with Gasteiger partial charge in [0.1, 0.15) is 11.6 Å². The molecule has 5 rings (SSSR count). The molecule has 1 aliphatic heterocycles. The number of nitrogens with one attached hydrogen (secondary N) is 1. The zero-order valence-corrected chi connectivity index (χ0v) is 18.5. The zero-order valence-electron chi connectivity index (χ0n) is 18.5. The molecule has 1 saturated heterocycles. The Morgan fingerprint density at radius 2 is 1.76 bits per heavy atom. The van der Waals surface area contributed by atoms with Gasteiger partial charge in [0.05, 0.1) is 23.5 Å². The first-order valence-electron chi connectivity index (χ1n) is 11.3. The van der Waals surface area contributed by atoms with Gasteiger partial charge in [-0.1, -0.05) is 18.2 Å². The average Bonchev–Trinajstić information content (AvgIpc) is 3.60. The van der Waals surface area contributed by atoms with Crippen molar-refractivity contribution in [3.8, 4) is 5.69 Å². The number of hydrogen-bond donors (Lipinski definition) is 1. The fraction of sp³-hybridized carbons (Fsp3) is 0.375. The molecule has 3 heterocycles. The molecule has 0 radical (unpaired) electrons. The average molecular weight is 470 g/mol. The number of benzene rings is 1. The van der Waals surface area contributed by atoms with E-state index < -0.39 is 11.7 Å². The lowest BCUT2D eigenvalue weighted by atomic mass is 10.2. The third-order valence-corrected chi connectivity index (χ3v) is 6.13. The van der Waals surface area contributed by atoms with Crippen LogP contribution in [0.3, 0.4) is 0 Å². The summed E-state index contributed by atoms with van der Waals surface area (Å²) in [7, 11) is 0. The molecule has 34 heavy (non-hydrogen) atoms. The van der Waals surface area contributed by atoms with E-state index in [0.29, 0.717) is 43.7 Å². The largest absolute Gasteiger partial charge is 0.417 e. The Bertz CT molecular complexity index is 1130. The van der Waals surface area contributed by atoms with Crippen molar-refractivity contribution in [2.24, 2.45) is 0 Å². The van der Waals surface area contributed by atoms with E-state index in [2.05, 4.69) is 10.3 Å². The first-order valence-corrected chi connectivity index (χ1v) is 11.3. The molecule has 1 saturated carbocycles. The van der Waals surface area contributed by atoms with Crippen LogP contribution in [0.1, 0.15) is 30.0 Å². The number of halogens is 3. The normalized spacial score (nSPS) is 17.1. The molecular formula is C24H25F3N6O. The van der Waals surface area contributed by atoms with Gasteiger partial charge in [-0.3, -0.25) is 9.69 Å². The maximum Gasteiger partial charge on any atom is 0.417 e. The fourth-order valence-electron chi connectivity index (χ4n) is 4.09. The zero-order chi connectivity index (χ0) is 23.7. The number of pyridine rings is 1. The summed E-state index contributed by atoms with van der Waals surface area (Å²) in [6, 6.07) is 14.1. The fourth-order valence-corrected chi connectivity index (χ4v) is 4.09. The summed E-state index contributed by atoms with van der Waals surface area (Å²) in [6.07, 6.45) is -1.29. The molecule has 1 aromatic carbocycles. The highest BCUT2D eigenvalue weighted by atomic mass is 19.4. The Morgan fingerprint density at radius 1 is 1.03 bits per heavy atom. The van der Waals surface area contributed by atoms with E-state index in [1.54, 1.807) is 4.68 Å². The molecule has 2 aromatic heterocycles. The summed E-state index contributed by atoms with van der Waals surface area (Å²) in [5.41, 5.74) is 1.13. The van der Waals surface area contributed by atoms with Crippen molar-refractivity contribution in [2.75, 3.05) is 42.9 Å². The molecular weight excluding hydrogens is 445 g/mol. The number of piperazine rings is 1. The highest BCUT2D eigenvalue weighted by molar-refractivity contribution is 5.91. The number of alkyl halides is 3. The van der Waals surface area contributed by atoms with E-state index in [-0.39, 0.29) is 12.5 Å². The second-order valence-electron chi connectivity index (χ2n) is 8.69. The van der Waals surface area contributed by atoms with Gasteiger partial charge in [-0.25, -0.2) is 9.67 Å². The van der Waals surface area contributed by atoms with Crippen LogP contribution < -0.4 is 10.2 Å². The molecule has 10 heteroatoms. The Labute approximate surface area is 195 Å². The highest BCUT2D eigenvalue weighted by Gasteiger charge is 2.31. The van der Waals surface area contributed by atoms with E-state index in [9.17, 15) is 18.0 Å². The summed E-state index contributed by atoms with van der Waals surface area (Å²) < 4.78 is 40.0. The number of hydrogen-bond acceptors (Lipinski definition) is 5. The van der Waals surface area contributed by atoms with Gasteiger partial charge in [0, 0.05) is 44.4 Å². The van der Waals surface area contributed by atoms with E-state index in [0.717, 1.165) is 36.5 Å². The molecule has 1 N–H and O–H groups in total. The standard InChI is InChI=1S/C24H25F3N6O/c25-24(26,27)18-8-9-21(28-15-18)32-12-10-31(11-13-32)16-23(34)29-22-14-20(17-6-7-17)30-33(22)19-4-2-1-3-5-19/h1-5,8-9,14-15,17H,6-7,10-13,16H2,(H,29,34). The molecule has 178 valence electrons. The van der Waals surface area contributed by atoms with E-state index in [1.165, 1.54) is 6.07 Å². The van der Waals surface area contributed by atoms with Gasteiger partial charge >= 0.3 is 6.18 Å². The Morgan fingerprint density at radius 3 is 2.38 bits per heavy atom. The van der Waals surface area contributed by atoms with Crippen LogP contribution in [0.25, 0.3) is 5.69 Å². The van der Waals surface area contributed by atoms with Gasteiger partial charge < -0.3 is 10.2 Å². The van der Waals surface area contributed by atoms with E-state index in [1.807, 2.05) is 46.2 Å². The van der Waals surface area contributed by atoms with Crippen molar-refractivity contribution in [3.05, 3.63) is 66.0 Å². The molecule has 0 unspecified atom stereocenters.